The van der Waals surface area contributed by atoms with Crippen molar-refractivity contribution in [1.82, 2.24) is 0 Å². The Morgan fingerprint density at radius 3 is 2.54 bits per heavy atom. The summed E-state index contributed by atoms with van der Waals surface area (Å²) in [5.41, 5.74) is 0.566. The van der Waals surface area contributed by atoms with E-state index >= 15 is 0 Å². The number of halogens is 3. The summed E-state index contributed by atoms with van der Waals surface area (Å²) in [5, 5.41) is 0. The van der Waals surface area contributed by atoms with Crippen LogP contribution in [-0.4, -0.2) is 0 Å². The van der Waals surface area contributed by atoms with Crippen molar-refractivity contribution in [2.24, 2.45) is 0 Å². The van der Waals surface area contributed by atoms with Crippen LogP contribution in [0.25, 0.3) is 0 Å². The van der Waals surface area contributed by atoms with Crippen LogP contribution in [0.1, 0.15) is 31.7 Å². The molecule has 0 nitrogen and oxygen atoms in total. The van der Waals surface area contributed by atoms with Gasteiger partial charge in [0.15, 0.2) is 0 Å². The molecule has 1 aromatic rings. The molecule has 3 heteroatoms. The molecule has 0 bridgehead atoms. The molecule has 0 fully saturated rings. The Balaban J connectivity index is 3.18. The number of benzene rings is 1. The second kappa shape index (κ2) is 4.18. The average Bonchev–Trinajstić information content (AvgIpc) is 2.13. The fourth-order valence-electron chi connectivity index (χ4n) is 1.14. The lowest BCUT2D eigenvalue weighted by molar-refractivity contribution is 0.546. The van der Waals surface area contributed by atoms with Gasteiger partial charge in [0.2, 0.25) is 0 Å². The molecule has 0 saturated heterocycles. The first-order valence-corrected chi connectivity index (χ1v) is 5.00. The van der Waals surface area contributed by atoms with Crippen LogP contribution < -0.4 is 0 Å². The molecule has 0 aliphatic carbocycles. The van der Waals surface area contributed by atoms with E-state index in [4.69, 9.17) is 0 Å². The fourth-order valence-corrected chi connectivity index (χ4v) is 1.50. The second-order valence-corrected chi connectivity index (χ2v) is 3.87. The van der Waals surface area contributed by atoms with Gasteiger partial charge in [-0.1, -0.05) is 19.9 Å². The third-order valence-electron chi connectivity index (χ3n) is 2.21. The third kappa shape index (κ3) is 2.08. The zero-order valence-corrected chi connectivity index (χ0v) is 9.16. The molecule has 0 aliphatic heterocycles. The molecule has 0 saturated carbocycles. The van der Waals surface area contributed by atoms with Gasteiger partial charge in [-0.3, -0.25) is 0 Å². The van der Waals surface area contributed by atoms with Crippen LogP contribution in [0.3, 0.4) is 0 Å². The van der Waals surface area contributed by atoms with Crippen molar-refractivity contribution >= 4 is 15.9 Å². The summed E-state index contributed by atoms with van der Waals surface area (Å²) in [6, 6.07) is 2.79. The van der Waals surface area contributed by atoms with E-state index < -0.39 is 11.6 Å². The van der Waals surface area contributed by atoms with Crippen LogP contribution in [0.15, 0.2) is 16.6 Å². The van der Waals surface area contributed by atoms with Crippen LogP contribution in [0.2, 0.25) is 0 Å². The Morgan fingerprint density at radius 1 is 1.38 bits per heavy atom. The highest BCUT2D eigenvalue weighted by atomic mass is 79.9. The van der Waals surface area contributed by atoms with Crippen LogP contribution >= 0.6 is 15.9 Å². The predicted octanol–water partition coefficient (Wildman–Crippen LogP) is 4.24. The average molecular weight is 249 g/mol. The molecule has 1 unspecified atom stereocenters. The van der Waals surface area contributed by atoms with Gasteiger partial charge in [0.25, 0.3) is 0 Å². The van der Waals surface area contributed by atoms with Crippen molar-refractivity contribution in [3.05, 3.63) is 33.8 Å². The van der Waals surface area contributed by atoms with Gasteiger partial charge in [-0.15, -0.1) is 0 Å². The van der Waals surface area contributed by atoms with Crippen LogP contribution in [-0.2, 0) is 0 Å². The van der Waals surface area contributed by atoms with E-state index in [1.807, 2.05) is 13.8 Å². The minimum Gasteiger partial charge on any atom is -0.206 e. The lowest BCUT2D eigenvalue weighted by Crippen LogP contribution is -1.98. The van der Waals surface area contributed by atoms with Gasteiger partial charge in [0.05, 0.1) is 4.47 Å². The third-order valence-corrected chi connectivity index (χ3v) is 2.94. The molecule has 0 heterocycles. The second-order valence-electron chi connectivity index (χ2n) is 3.07. The summed E-state index contributed by atoms with van der Waals surface area (Å²) in [6.07, 6.45) is 0.842. The lowest BCUT2D eigenvalue weighted by atomic mass is 9.98. The molecule has 1 atom stereocenters. The van der Waals surface area contributed by atoms with E-state index in [2.05, 4.69) is 15.9 Å². The molecule has 0 N–H and O–H groups in total. The van der Waals surface area contributed by atoms with E-state index in [0.717, 1.165) is 6.42 Å². The van der Waals surface area contributed by atoms with Crippen LogP contribution in [0.5, 0.6) is 0 Å². The molecule has 1 aromatic carbocycles. The predicted molar refractivity (Wildman–Crippen MR) is 52.8 cm³/mol. The summed E-state index contributed by atoms with van der Waals surface area (Å²) >= 11 is 2.88. The molecular formula is C10H11BrF2. The molecule has 13 heavy (non-hydrogen) atoms. The molecule has 1 rings (SSSR count). The molecular weight excluding hydrogens is 238 g/mol. The van der Waals surface area contributed by atoms with E-state index in [1.54, 1.807) is 0 Å². The maximum atomic E-state index is 13.4. The topological polar surface area (TPSA) is 0 Å². The smallest absolute Gasteiger partial charge is 0.143 e. The van der Waals surface area contributed by atoms with Crippen molar-refractivity contribution in [2.45, 2.75) is 26.2 Å². The molecule has 0 aromatic heterocycles. The Bertz CT molecular complexity index is 310. The summed E-state index contributed by atoms with van der Waals surface area (Å²) in [6.45, 7) is 3.89. The largest absolute Gasteiger partial charge is 0.206 e. The standard InChI is InChI=1S/C10H11BrF2/c1-3-6(2)7-4-5-8(12)9(11)10(7)13/h4-6H,3H2,1-2H3. The monoisotopic (exact) mass is 248 g/mol. The highest BCUT2D eigenvalue weighted by molar-refractivity contribution is 9.10. The first-order chi connectivity index (χ1) is 6.07. The van der Waals surface area contributed by atoms with E-state index in [1.165, 1.54) is 12.1 Å². The van der Waals surface area contributed by atoms with Crippen molar-refractivity contribution < 1.29 is 8.78 Å². The molecule has 72 valence electrons. The summed E-state index contributed by atoms with van der Waals surface area (Å²) in [7, 11) is 0. The maximum absolute atomic E-state index is 13.4. The van der Waals surface area contributed by atoms with Crippen molar-refractivity contribution in [3.8, 4) is 0 Å². The maximum Gasteiger partial charge on any atom is 0.143 e. The first-order valence-electron chi connectivity index (χ1n) is 4.21. The van der Waals surface area contributed by atoms with Crippen molar-refractivity contribution in [1.29, 1.82) is 0 Å². The molecule has 0 spiro atoms. The lowest BCUT2D eigenvalue weighted by Gasteiger charge is -2.11. The van der Waals surface area contributed by atoms with Crippen molar-refractivity contribution in [2.75, 3.05) is 0 Å². The number of hydrogen-bond acceptors (Lipinski definition) is 0. The molecule has 0 amide bonds. The van der Waals surface area contributed by atoms with Gasteiger partial charge >= 0.3 is 0 Å². The highest BCUT2D eigenvalue weighted by Gasteiger charge is 2.14. The van der Waals surface area contributed by atoms with E-state index in [0.29, 0.717) is 5.56 Å². The fraction of sp³-hybridized carbons (Fsp3) is 0.400. The summed E-state index contributed by atoms with van der Waals surface area (Å²) in [5.74, 6) is -0.907. The minimum absolute atomic E-state index is 0.0645. The quantitative estimate of drug-likeness (QED) is 0.687. The van der Waals surface area contributed by atoms with Gasteiger partial charge in [0.1, 0.15) is 11.6 Å². The van der Waals surface area contributed by atoms with E-state index in [-0.39, 0.29) is 10.4 Å². The minimum atomic E-state index is -0.551. The summed E-state index contributed by atoms with van der Waals surface area (Å²) < 4.78 is 26.2. The normalized spacial score (nSPS) is 13.0. The van der Waals surface area contributed by atoms with Gasteiger partial charge < -0.3 is 0 Å². The Hall–Kier alpha value is -0.440. The SMILES string of the molecule is CCC(C)c1ccc(F)c(Br)c1F. The Labute approximate surface area is 85.1 Å². The van der Waals surface area contributed by atoms with Gasteiger partial charge in [0, 0.05) is 0 Å². The van der Waals surface area contributed by atoms with Crippen molar-refractivity contribution in [3.63, 3.8) is 0 Å². The van der Waals surface area contributed by atoms with Gasteiger partial charge in [-0.05, 0) is 39.9 Å². The van der Waals surface area contributed by atoms with Crippen LogP contribution in [0, 0.1) is 11.6 Å². The Kier molecular flexibility index (Phi) is 3.42. The molecule has 0 radical (unpaired) electrons. The van der Waals surface area contributed by atoms with Crippen LogP contribution in [0.4, 0.5) is 8.78 Å². The first kappa shape index (κ1) is 10.6. The summed E-state index contributed by atoms with van der Waals surface area (Å²) in [4.78, 5) is 0. The zero-order valence-electron chi connectivity index (χ0n) is 7.57. The van der Waals surface area contributed by atoms with Gasteiger partial charge in [-0.25, -0.2) is 8.78 Å². The Morgan fingerprint density at radius 2 is 2.00 bits per heavy atom. The number of hydrogen-bond donors (Lipinski definition) is 0. The zero-order chi connectivity index (χ0) is 10.0. The van der Waals surface area contributed by atoms with Gasteiger partial charge in [-0.2, -0.15) is 0 Å². The molecule has 0 aliphatic rings. The van der Waals surface area contributed by atoms with E-state index in [9.17, 15) is 8.78 Å². The number of rotatable bonds is 2. The highest BCUT2D eigenvalue weighted by Crippen LogP contribution is 2.28.